The summed E-state index contributed by atoms with van der Waals surface area (Å²) in [6.07, 6.45) is 0. The maximum atomic E-state index is 10.4. The molecule has 0 aromatic rings. The first-order valence-electron chi connectivity index (χ1n) is 3.17. The average Bonchev–Trinajstić information content (AvgIpc) is 1.79. The van der Waals surface area contributed by atoms with Gasteiger partial charge in [-0.15, -0.1) is 4.91 Å². The number of hydrogen-bond donors (Lipinski definition) is 0. The van der Waals surface area contributed by atoms with Gasteiger partial charge in [-0.25, -0.2) is 5.01 Å². The smallest absolute Gasteiger partial charge is 0.242 e. The Hall–Kier alpha value is -0.640. The van der Waals surface area contributed by atoms with E-state index < -0.39 is 10.8 Å². The SMILES string of the molecule is CC(C)(C)N(CC(=O)Cl)N=O. The van der Waals surface area contributed by atoms with Crippen molar-refractivity contribution in [1.82, 2.24) is 5.01 Å². The van der Waals surface area contributed by atoms with Crippen LogP contribution in [0.5, 0.6) is 0 Å². The fourth-order valence-electron chi connectivity index (χ4n) is 0.506. The van der Waals surface area contributed by atoms with E-state index in [-0.39, 0.29) is 6.54 Å². The second kappa shape index (κ2) is 3.67. The Bertz CT molecular complexity index is 164. The lowest BCUT2D eigenvalue weighted by molar-refractivity contribution is -0.113. The molecule has 4 nitrogen and oxygen atoms in total. The zero-order chi connectivity index (χ0) is 9.07. The van der Waals surface area contributed by atoms with E-state index in [9.17, 15) is 9.70 Å². The van der Waals surface area contributed by atoms with Crippen LogP contribution in [-0.4, -0.2) is 22.3 Å². The number of halogens is 1. The summed E-state index contributed by atoms with van der Waals surface area (Å²) in [4.78, 5) is 20.5. The third-order valence-electron chi connectivity index (χ3n) is 1.15. The summed E-state index contributed by atoms with van der Waals surface area (Å²) in [5.41, 5.74) is -0.452. The molecule has 0 aliphatic heterocycles. The number of carbonyl (C=O) groups is 1. The van der Waals surface area contributed by atoms with Gasteiger partial charge in [0.2, 0.25) is 5.24 Å². The molecule has 0 spiro atoms. The fourth-order valence-corrected chi connectivity index (χ4v) is 0.619. The predicted molar refractivity (Wildman–Crippen MR) is 43.1 cm³/mol. The number of carbonyl (C=O) groups excluding carboxylic acids is 1. The third-order valence-corrected chi connectivity index (χ3v) is 1.27. The summed E-state index contributed by atoms with van der Waals surface area (Å²) in [6, 6.07) is 0. The van der Waals surface area contributed by atoms with Crippen LogP contribution >= 0.6 is 11.6 Å². The first-order chi connectivity index (χ1) is 4.88. The molecule has 0 heterocycles. The molecule has 0 fully saturated rings. The lowest BCUT2D eigenvalue weighted by Crippen LogP contribution is -2.39. The molecule has 0 aliphatic carbocycles. The van der Waals surface area contributed by atoms with E-state index in [0.717, 1.165) is 5.01 Å². The Morgan fingerprint density at radius 2 is 2.00 bits per heavy atom. The lowest BCUT2D eigenvalue weighted by Gasteiger charge is -2.28. The summed E-state index contributed by atoms with van der Waals surface area (Å²) in [5, 5.41) is 3.19. The first-order valence-corrected chi connectivity index (χ1v) is 3.55. The van der Waals surface area contributed by atoms with E-state index in [0.29, 0.717) is 0 Å². The standard InChI is InChI=1S/C6H11ClN2O2/c1-6(2,3)9(8-11)4-5(7)10/h4H2,1-3H3. The van der Waals surface area contributed by atoms with Crippen LogP contribution in [-0.2, 0) is 4.79 Å². The Kier molecular flexibility index (Phi) is 3.45. The number of nitroso groups, excluding NO2 is 1. The summed E-state index contributed by atoms with van der Waals surface area (Å²) < 4.78 is 0. The summed E-state index contributed by atoms with van der Waals surface area (Å²) >= 11 is 5.08. The van der Waals surface area contributed by atoms with Crippen molar-refractivity contribution in [2.24, 2.45) is 5.29 Å². The van der Waals surface area contributed by atoms with Gasteiger partial charge in [0.15, 0.2) is 0 Å². The summed E-state index contributed by atoms with van der Waals surface area (Å²) in [5.74, 6) is 0. The van der Waals surface area contributed by atoms with Crippen LogP contribution in [0.15, 0.2) is 5.29 Å². The van der Waals surface area contributed by atoms with E-state index in [4.69, 9.17) is 11.6 Å². The second-order valence-electron chi connectivity index (χ2n) is 3.17. The van der Waals surface area contributed by atoms with Crippen LogP contribution in [0, 0.1) is 4.91 Å². The molecule has 64 valence electrons. The molecule has 0 bridgehead atoms. The molecule has 0 amide bonds. The molecule has 0 unspecified atom stereocenters. The topological polar surface area (TPSA) is 49.7 Å². The van der Waals surface area contributed by atoms with Crippen LogP contribution < -0.4 is 0 Å². The van der Waals surface area contributed by atoms with Gasteiger partial charge in [-0.3, -0.25) is 4.79 Å². The zero-order valence-corrected chi connectivity index (χ0v) is 7.55. The lowest BCUT2D eigenvalue weighted by atomic mass is 10.1. The highest BCUT2D eigenvalue weighted by molar-refractivity contribution is 6.64. The van der Waals surface area contributed by atoms with Crippen LogP contribution in [0.4, 0.5) is 0 Å². The van der Waals surface area contributed by atoms with Gasteiger partial charge in [-0.1, -0.05) is 0 Å². The van der Waals surface area contributed by atoms with Crippen LogP contribution in [0.2, 0.25) is 0 Å². The quantitative estimate of drug-likeness (QED) is 0.374. The van der Waals surface area contributed by atoms with Crippen molar-refractivity contribution in [3.63, 3.8) is 0 Å². The molecule has 0 aliphatic rings. The van der Waals surface area contributed by atoms with E-state index >= 15 is 0 Å². The molecule has 0 aromatic heterocycles. The molecule has 0 N–H and O–H groups in total. The highest BCUT2D eigenvalue weighted by Gasteiger charge is 2.22. The molecule has 0 radical (unpaired) electrons. The van der Waals surface area contributed by atoms with Gasteiger partial charge in [-0.05, 0) is 32.4 Å². The van der Waals surface area contributed by atoms with Gasteiger partial charge in [0.25, 0.3) is 0 Å². The minimum atomic E-state index is -0.584. The minimum Gasteiger partial charge on any atom is -0.279 e. The van der Waals surface area contributed by atoms with E-state index in [1.165, 1.54) is 0 Å². The molecule has 0 rings (SSSR count). The van der Waals surface area contributed by atoms with Crippen molar-refractivity contribution in [3.05, 3.63) is 4.91 Å². The minimum absolute atomic E-state index is 0.144. The predicted octanol–water partition coefficient (Wildman–Crippen LogP) is 1.53. The normalized spacial score (nSPS) is 10.9. The van der Waals surface area contributed by atoms with Crippen molar-refractivity contribution in [2.45, 2.75) is 26.3 Å². The van der Waals surface area contributed by atoms with Crippen LogP contribution in [0.25, 0.3) is 0 Å². The van der Waals surface area contributed by atoms with Gasteiger partial charge >= 0.3 is 0 Å². The highest BCUT2D eigenvalue weighted by atomic mass is 35.5. The van der Waals surface area contributed by atoms with Gasteiger partial charge < -0.3 is 0 Å². The monoisotopic (exact) mass is 178 g/mol. The first kappa shape index (κ1) is 10.4. The fraction of sp³-hybridized carbons (Fsp3) is 0.833. The van der Waals surface area contributed by atoms with Gasteiger partial charge in [0, 0.05) is 0 Å². The van der Waals surface area contributed by atoms with Crippen molar-refractivity contribution in [3.8, 4) is 0 Å². The molecule has 0 atom stereocenters. The third kappa shape index (κ3) is 3.93. The largest absolute Gasteiger partial charge is 0.279 e. The van der Waals surface area contributed by atoms with Crippen molar-refractivity contribution >= 4 is 16.8 Å². The Labute approximate surface area is 70.5 Å². The van der Waals surface area contributed by atoms with Gasteiger partial charge in [-0.2, -0.15) is 0 Å². The Morgan fingerprint density at radius 3 is 2.09 bits per heavy atom. The number of rotatable bonds is 3. The summed E-state index contributed by atoms with van der Waals surface area (Å²) in [7, 11) is 0. The maximum absolute atomic E-state index is 10.4. The number of nitrogens with zero attached hydrogens (tertiary/aromatic N) is 2. The average molecular weight is 179 g/mol. The molecule has 0 aromatic carbocycles. The molecule has 5 heteroatoms. The van der Waals surface area contributed by atoms with Crippen molar-refractivity contribution < 1.29 is 4.79 Å². The second-order valence-corrected chi connectivity index (χ2v) is 3.59. The zero-order valence-electron chi connectivity index (χ0n) is 6.80. The van der Waals surface area contributed by atoms with Gasteiger partial charge in [0.1, 0.15) is 6.54 Å². The molecular weight excluding hydrogens is 168 g/mol. The van der Waals surface area contributed by atoms with E-state index in [1.807, 2.05) is 0 Å². The Balaban J connectivity index is 4.18. The van der Waals surface area contributed by atoms with Crippen LogP contribution in [0.1, 0.15) is 20.8 Å². The Morgan fingerprint density at radius 1 is 1.55 bits per heavy atom. The van der Waals surface area contributed by atoms with Crippen LogP contribution in [0.3, 0.4) is 0 Å². The van der Waals surface area contributed by atoms with E-state index in [2.05, 4.69) is 5.29 Å². The molecular formula is C6H11ClN2O2. The van der Waals surface area contributed by atoms with Crippen molar-refractivity contribution in [2.75, 3.05) is 6.54 Å². The highest BCUT2D eigenvalue weighted by Crippen LogP contribution is 2.12. The van der Waals surface area contributed by atoms with E-state index in [1.54, 1.807) is 20.8 Å². The van der Waals surface area contributed by atoms with Gasteiger partial charge in [0.05, 0.1) is 10.8 Å². The van der Waals surface area contributed by atoms with Crippen molar-refractivity contribution in [1.29, 1.82) is 0 Å². The molecule has 0 saturated carbocycles. The molecule has 11 heavy (non-hydrogen) atoms. The maximum Gasteiger partial charge on any atom is 0.242 e. The summed E-state index contributed by atoms with van der Waals surface area (Å²) in [6.45, 7) is 5.17. The molecule has 0 saturated heterocycles. The number of hydrogen-bond acceptors (Lipinski definition) is 3.